The van der Waals surface area contributed by atoms with Gasteiger partial charge in [-0.2, -0.15) is 0 Å². The zero-order chi connectivity index (χ0) is 19.8. The second-order valence-electron chi connectivity index (χ2n) is 8.32. The summed E-state index contributed by atoms with van der Waals surface area (Å²) in [4.78, 5) is 26.3. The zero-order valence-electron chi connectivity index (χ0n) is 16.9. The highest BCUT2D eigenvalue weighted by molar-refractivity contribution is 5.82. The fourth-order valence-electron chi connectivity index (χ4n) is 4.85. The van der Waals surface area contributed by atoms with Crippen LogP contribution in [0.15, 0.2) is 48.9 Å². The number of amides is 1. The second kappa shape index (κ2) is 7.50. The highest BCUT2D eigenvalue weighted by Gasteiger charge is 2.42. The number of rotatable bonds is 5. The van der Waals surface area contributed by atoms with Crippen LogP contribution in [0.1, 0.15) is 30.5 Å². The number of pyridine rings is 2. The van der Waals surface area contributed by atoms with Gasteiger partial charge in [0.15, 0.2) is 0 Å². The van der Waals surface area contributed by atoms with Crippen LogP contribution in [-0.2, 0) is 11.2 Å². The quantitative estimate of drug-likeness (QED) is 0.673. The van der Waals surface area contributed by atoms with Crippen molar-refractivity contribution < 1.29 is 4.79 Å². The number of carbonyl (C=O) groups excluding carboxylic acids is 1. The Morgan fingerprint density at radius 2 is 2.07 bits per heavy atom. The van der Waals surface area contributed by atoms with Gasteiger partial charge in [0, 0.05) is 49.8 Å². The summed E-state index contributed by atoms with van der Waals surface area (Å²) in [6, 6.07) is 10.8. The Hall–Kier alpha value is -2.89. The van der Waals surface area contributed by atoms with Gasteiger partial charge >= 0.3 is 0 Å². The van der Waals surface area contributed by atoms with E-state index in [-0.39, 0.29) is 5.92 Å². The first-order valence-electron chi connectivity index (χ1n) is 10.6. The lowest BCUT2D eigenvalue weighted by molar-refractivity contribution is -0.132. The molecular weight excluding hydrogens is 362 g/mol. The van der Waals surface area contributed by atoms with Crippen LogP contribution in [0.4, 0.5) is 5.82 Å². The number of aryl methyl sites for hydroxylation is 2. The molecular formula is C23H27N5O. The molecule has 150 valence electrons. The van der Waals surface area contributed by atoms with E-state index in [9.17, 15) is 4.79 Å². The van der Waals surface area contributed by atoms with E-state index in [0.717, 1.165) is 56.8 Å². The Bertz CT molecular complexity index is 1010. The fraction of sp³-hybridized carbons (Fsp3) is 0.435. The molecule has 2 saturated heterocycles. The van der Waals surface area contributed by atoms with E-state index in [1.54, 1.807) is 0 Å². The number of nitrogens with zero attached hydrogens (tertiary/aromatic N) is 5. The molecule has 2 aliphatic heterocycles. The van der Waals surface area contributed by atoms with E-state index in [1.807, 2.05) is 24.7 Å². The van der Waals surface area contributed by atoms with Gasteiger partial charge < -0.3 is 14.2 Å². The first kappa shape index (κ1) is 18.2. The van der Waals surface area contributed by atoms with Crippen molar-refractivity contribution >= 4 is 17.4 Å². The van der Waals surface area contributed by atoms with E-state index in [0.29, 0.717) is 11.9 Å². The Morgan fingerprint density at radius 3 is 2.93 bits per heavy atom. The Morgan fingerprint density at radius 1 is 1.14 bits per heavy atom. The Labute approximate surface area is 171 Å². The van der Waals surface area contributed by atoms with Crippen molar-refractivity contribution in [2.75, 3.05) is 24.5 Å². The molecule has 1 amide bonds. The lowest BCUT2D eigenvalue weighted by Gasteiger charge is -2.38. The van der Waals surface area contributed by atoms with E-state index in [2.05, 4.69) is 55.4 Å². The van der Waals surface area contributed by atoms with Crippen molar-refractivity contribution in [1.29, 1.82) is 0 Å². The van der Waals surface area contributed by atoms with Crippen molar-refractivity contribution in [3.8, 4) is 0 Å². The maximum absolute atomic E-state index is 12.9. The van der Waals surface area contributed by atoms with Crippen molar-refractivity contribution in [2.45, 2.75) is 38.6 Å². The molecule has 0 unspecified atom stereocenters. The van der Waals surface area contributed by atoms with Crippen LogP contribution >= 0.6 is 0 Å². The lowest BCUT2D eigenvalue weighted by Crippen LogP contribution is -2.51. The maximum atomic E-state index is 12.9. The molecule has 0 radical (unpaired) electrons. The number of anilines is 1. The third kappa shape index (κ3) is 3.48. The molecule has 0 spiro atoms. The smallest absolute Gasteiger partial charge is 0.226 e. The van der Waals surface area contributed by atoms with E-state index in [1.165, 1.54) is 11.3 Å². The molecule has 0 saturated carbocycles. The number of aromatic nitrogens is 3. The predicted molar refractivity (Wildman–Crippen MR) is 113 cm³/mol. The molecule has 2 atom stereocenters. The summed E-state index contributed by atoms with van der Waals surface area (Å²) in [5.74, 6) is 1.54. The van der Waals surface area contributed by atoms with Crippen LogP contribution in [0.3, 0.4) is 0 Å². The van der Waals surface area contributed by atoms with Crippen LogP contribution in [-0.4, -0.2) is 50.9 Å². The molecule has 6 heteroatoms. The van der Waals surface area contributed by atoms with Gasteiger partial charge in [0.2, 0.25) is 5.91 Å². The standard InChI is InChI=1S/C23H27N5O/c1-17-8-9-21(25-15-17)26-12-13-28-20(16-26)14-18(23(28)29)4-2-5-19-6-3-7-22-24-10-11-27(19)22/h3,6-11,15,18,20H,2,4-5,12-14,16H2,1H3/t18-,20-/m0/s1. The molecule has 0 aliphatic carbocycles. The van der Waals surface area contributed by atoms with Crippen LogP contribution in [0.2, 0.25) is 0 Å². The first-order valence-corrected chi connectivity index (χ1v) is 10.6. The van der Waals surface area contributed by atoms with Gasteiger partial charge in [-0.05, 0) is 56.4 Å². The monoisotopic (exact) mass is 389 g/mol. The minimum atomic E-state index is 0.160. The molecule has 5 rings (SSSR count). The van der Waals surface area contributed by atoms with Gasteiger partial charge in [0.05, 0.1) is 6.04 Å². The topological polar surface area (TPSA) is 53.7 Å². The summed E-state index contributed by atoms with van der Waals surface area (Å²) in [6.45, 7) is 4.63. The van der Waals surface area contributed by atoms with Crippen LogP contribution in [0.25, 0.3) is 5.65 Å². The Balaban J connectivity index is 1.19. The van der Waals surface area contributed by atoms with Gasteiger partial charge in [-0.1, -0.05) is 12.1 Å². The molecule has 2 fully saturated rings. The molecule has 3 aromatic heterocycles. The predicted octanol–water partition coefficient (Wildman–Crippen LogP) is 3.10. The van der Waals surface area contributed by atoms with Crippen LogP contribution < -0.4 is 4.90 Å². The molecule has 0 bridgehead atoms. The molecule has 29 heavy (non-hydrogen) atoms. The average molecular weight is 390 g/mol. The van der Waals surface area contributed by atoms with Gasteiger partial charge in [0.1, 0.15) is 11.5 Å². The molecule has 2 aliphatic rings. The normalized spacial score (nSPS) is 21.8. The van der Waals surface area contributed by atoms with Crippen molar-refractivity contribution in [1.82, 2.24) is 19.3 Å². The molecule has 3 aromatic rings. The number of hydrogen-bond acceptors (Lipinski definition) is 4. The third-order valence-corrected chi connectivity index (χ3v) is 6.39. The minimum Gasteiger partial charge on any atom is -0.353 e. The van der Waals surface area contributed by atoms with E-state index in [4.69, 9.17) is 0 Å². The molecule has 0 N–H and O–H groups in total. The van der Waals surface area contributed by atoms with E-state index < -0.39 is 0 Å². The van der Waals surface area contributed by atoms with Crippen molar-refractivity contribution in [3.63, 3.8) is 0 Å². The van der Waals surface area contributed by atoms with Gasteiger partial charge in [-0.15, -0.1) is 0 Å². The summed E-state index contributed by atoms with van der Waals surface area (Å²) in [7, 11) is 0. The summed E-state index contributed by atoms with van der Waals surface area (Å²) >= 11 is 0. The summed E-state index contributed by atoms with van der Waals surface area (Å²) in [5, 5.41) is 0. The second-order valence-corrected chi connectivity index (χ2v) is 8.32. The average Bonchev–Trinajstić information content (AvgIpc) is 3.34. The summed E-state index contributed by atoms with van der Waals surface area (Å²) < 4.78 is 2.15. The molecule has 6 nitrogen and oxygen atoms in total. The van der Waals surface area contributed by atoms with Crippen molar-refractivity contribution in [3.05, 3.63) is 60.2 Å². The van der Waals surface area contributed by atoms with Crippen LogP contribution in [0, 0.1) is 12.8 Å². The largest absolute Gasteiger partial charge is 0.353 e. The maximum Gasteiger partial charge on any atom is 0.226 e. The number of piperazine rings is 1. The fourth-order valence-corrected chi connectivity index (χ4v) is 4.85. The number of hydrogen-bond donors (Lipinski definition) is 0. The highest BCUT2D eigenvalue weighted by atomic mass is 16.2. The third-order valence-electron chi connectivity index (χ3n) is 6.39. The van der Waals surface area contributed by atoms with Crippen molar-refractivity contribution in [2.24, 2.45) is 5.92 Å². The summed E-state index contributed by atoms with van der Waals surface area (Å²) in [5.41, 5.74) is 3.43. The minimum absolute atomic E-state index is 0.160. The number of carbonyl (C=O) groups is 1. The number of imidazole rings is 1. The lowest BCUT2D eigenvalue weighted by atomic mass is 9.97. The highest BCUT2D eigenvalue weighted by Crippen LogP contribution is 2.32. The van der Waals surface area contributed by atoms with Gasteiger partial charge in [-0.3, -0.25) is 4.79 Å². The first-order chi connectivity index (χ1) is 14.2. The van der Waals surface area contributed by atoms with Gasteiger partial charge in [0.25, 0.3) is 0 Å². The number of fused-ring (bicyclic) bond motifs is 2. The van der Waals surface area contributed by atoms with Gasteiger partial charge in [-0.25, -0.2) is 9.97 Å². The SMILES string of the molecule is Cc1ccc(N2CCN3C(=O)[C@@H](CCCc4cccc5nccn45)C[C@H]3C2)nc1. The molecule has 5 heterocycles. The van der Waals surface area contributed by atoms with E-state index >= 15 is 0 Å². The Kier molecular flexibility index (Phi) is 4.70. The zero-order valence-corrected chi connectivity index (χ0v) is 16.9. The molecule has 0 aromatic carbocycles. The van der Waals surface area contributed by atoms with Crippen LogP contribution in [0.5, 0.6) is 0 Å². The summed E-state index contributed by atoms with van der Waals surface area (Å²) in [6.07, 6.45) is 9.70.